The van der Waals surface area contributed by atoms with E-state index in [9.17, 15) is 19.2 Å². The summed E-state index contributed by atoms with van der Waals surface area (Å²) in [5.41, 5.74) is -0.0406. The molecule has 3 aliphatic carbocycles. The first-order chi connectivity index (χ1) is 15.4. The largest absolute Gasteiger partial charge is 0.466 e. The lowest BCUT2D eigenvalue weighted by atomic mass is 9.48. The van der Waals surface area contributed by atoms with E-state index in [1.165, 1.54) is 13.8 Å². The summed E-state index contributed by atoms with van der Waals surface area (Å²) in [6.07, 6.45) is 6.32. The van der Waals surface area contributed by atoms with Crippen LogP contribution in [0.2, 0.25) is 0 Å². The molecule has 6 nitrogen and oxygen atoms in total. The fourth-order valence-electron chi connectivity index (χ4n) is 7.41. The van der Waals surface area contributed by atoms with Gasteiger partial charge in [0.2, 0.25) is 0 Å². The van der Waals surface area contributed by atoms with Crippen LogP contribution in [0.3, 0.4) is 0 Å². The van der Waals surface area contributed by atoms with E-state index >= 15 is 0 Å². The molecule has 3 saturated carbocycles. The van der Waals surface area contributed by atoms with Gasteiger partial charge in [-0.1, -0.05) is 27.7 Å². The molecule has 0 spiro atoms. The second-order valence-corrected chi connectivity index (χ2v) is 11.8. The van der Waals surface area contributed by atoms with Gasteiger partial charge in [-0.2, -0.15) is 0 Å². The molecule has 0 unspecified atom stereocenters. The summed E-state index contributed by atoms with van der Waals surface area (Å²) in [6, 6.07) is 0. The quantitative estimate of drug-likeness (QED) is 0.476. The van der Waals surface area contributed by atoms with Crippen LogP contribution in [0.15, 0.2) is 0 Å². The molecule has 3 fully saturated rings. The molecule has 3 rings (SSSR count). The number of ketones is 2. The van der Waals surface area contributed by atoms with Crippen LogP contribution in [0.4, 0.5) is 0 Å². The van der Waals surface area contributed by atoms with Crippen molar-refractivity contribution in [3.8, 4) is 0 Å². The number of carbonyl (C=O) groups is 4. The Hall–Kier alpha value is -1.72. The molecule has 0 radical (unpaired) electrons. The van der Waals surface area contributed by atoms with Gasteiger partial charge in [0.15, 0.2) is 0 Å². The summed E-state index contributed by atoms with van der Waals surface area (Å²) in [6.45, 7) is 11.7. The maximum atomic E-state index is 13.2. The highest BCUT2D eigenvalue weighted by Gasteiger charge is 2.61. The molecule has 0 heterocycles. The van der Waals surface area contributed by atoms with Crippen molar-refractivity contribution in [3.63, 3.8) is 0 Å². The molecule has 0 aromatic heterocycles. The highest BCUT2D eigenvalue weighted by Crippen LogP contribution is 2.65. The van der Waals surface area contributed by atoms with Crippen LogP contribution < -0.4 is 0 Å². The molecule has 0 saturated heterocycles. The molecule has 0 aliphatic heterocycles. The zero-order valence-electron chi connectivity index (χ0n) is 21.3. The van der Waals surface area contributed by atoms with Gasteiger partial charge in [-0.3, -0.25) is 19.2 Å². The maximum Gasteiger partial charge on any atom is 0.302 e. The number of esters is 2. The molecule has 3 aliphatic rings. The first kappa shape index (κ1) is 25.9. The van der Waals surface area contributed by atoms with Crippen LogP contribution in [0.1, 0.15) is 92.9 Å². The van der Waals surface area contributed by atoms with Crippen molar-refractivity contribution < 1.29 is 28.7 Å². The van der Waals surface area contributed by atoms with Crippen molar-refractivity contribution in [2.24, 2.45) is 40.4 Å². The smallest absolute Gasteiger partial charge is 0.302 e. The van der Waals surface area contributed by atoms with Crippen molar-refractivity contribution in [2.75, 3.05) is 6.61 Å². The number of fused-ring (bicyclic) bond motifs is 2. The van der Waals surface area contributed by atoms with Crippen molar-refractivity contribution in [2.45, 2.75) is 99.0 Å². The predicted molar refractivity (Wildman–Crippen MR) is 124 cm³/mol. The Bertz CT molecular complexity index is 789. The van der Waals surface area contributed by atoms with Gasteiger partial charge in [-0.05, 0) is 67.1 Å². The summed E-state index contributed by atoms with van der Waals surface area (Å²) in [5.74, 6) is 0.238. The number of carbonyl (C=O) groups excluding carboxylic acids is 4. The molecule has 0 aromatic rings. The van der Waals surface area contributed by atoms with Crippen LogP contribution in [0.5, 0.6) is 0 Å². The molecule has 0 amide bonds. The van der Waals surface area contributed by atoms with Crippen LogP contribution in [-0.4, -0.2) is 36.2 Å². The minimum Gasteiger partial charge on any atom is -0.466 e. The lowest BCUT2D eigenvalue weighted by Gasteiger charge is -2.56. The van der Waals surface area contributed by atoms with Crippen molar-refractivity contribution in [1.82, 2.24) is 0 Å². The number of hydrogen-bond donors (Lipinski definition) is 0. The Kier molecular flexibility index (Phi) is 7.75. The third kappa shape index (κ3) is 5.51. The Morgan fingerprint density at radius 2 is 1.76 bits per heavy atom. The minimum absolute atomic E-state index is 0.00712. The topological polar surface area (TPSA) is 86.7 Å². The van der Waals surface area contributed by atoms with E-state index in [2.05, 4.69) is 13.8 Å². The van der Waals surface area contributed by atoms with Gasteiger partial charge in [0, 0.05) is 38.5 Å². The Labute approximate surface area is 198 Å². The van der Waals surface area contributed by atoms with Gasteiger partial charge in [0.25, 0.3) is 0 Å². The summed E-state index contributed by atoms with van der Waals surface area (Å²) in [5, 5.41) is 0. The molecule has 0 N–H and O–H groups in total. The normalized spacial score (nSPS) is 37.5. The summed E-state index contributed by atoms with van der Waals surface area (Å²) >= 11 is 0. The van der Waals surface area contributed by atoms with E-state index in [1.54, 1.807) is 0 Å². The molecule has 6 heteroatoms. The minimum atomic E-state index is -0.303. The molecular formula is C27H42O6. The van der Waals surface area contributed by atoms with E-state index in [1.807, 2.05) is 13.8 Å². The highest BCUT2D eigenvalue weighted by molar-refractivity contribution is 5.92. The Balaban J connectivity index is 1.67. The van der Waals surface area contributed by atoms with Crippen LogP contribution in [-0.2, 0) is 28.7 Å². The van der Waals surface area contributed by atoms with E-state index in [4.69, 9.17) is 9.47 Å². The average molecular weight is 463 g/mol. The second-order valence-electron chi connectivity index (χ2n) is 11.8. The highest BCUT2D eigenvalue weighted by atomic mass is 16.5. The van der Waals surface area contributed by atoms with E-state index in [0.717, 1.165) is 32.1 Å². The number of rotatable bonds is 8. The van der Waals surface area contributed by atoms with Crippen molar-refractivity contribution >= 4 is 23.5 Å². The van der Waals surface area contributed by atoms with E-state index in [-0.39, 0.29) is 58.2 Å². The van der Waals surface area contributed by atoms with Crippen molar-refractivity contribution in [3.05, 3.63) is 0 Å². The molecular weight excluding hydrogens is 420 g/mol. The molecule has 0 aromatic carbocycles. The zero-order valence-corrected chi connectivity index (χ0v) is 21.3. The standard InChI is InChI=1S/C27H42O6/c1-16(14-32-18(3)28)7-8-23(30)17(2)25-24(31)13-21-11-20-12-22(33-19(4)29)9-10-26(20,5)15-27(21,25)6/h16-17,20-22,25H,7-15H2,1-6H3/t16-,17-,20+,21-,22+,25-,26+,27+/m1/s1. The maximum absolute atomic E-state index is 13.2. The van der Waals surface area contributed by atoms with Crippen LogP contribution >= 0.6 is 0 Å². The van der Waals surface area contributed by atoms with E-state index < -0.39 is 0 Å². The molecule has 186 valence electrons. The van der Waals surface area contributed by atoms with E-state index in [0.29, 0.717) is 37.7 Å². The Morgan fingerprint density at radius 1 is 1.06 bits per heavy atom. The van der Waals surface area contributed by atoms with Crippen LogP contribution in [0.25, 0.3) is 0 Å². The van der Waals surface area contributed by atoms with Crippen molar-refractivity contribution in [1.29, 1.82) is 0 Å². The lowest BCUT2D eigenvalue weighted by molar-refractivity contribution is -0.155. The number of ether oxygens (including phenoxy) is 2. The Morgan fingerprint density at radius 3 is 2.39 bits per heavy atom. The lowest BCUT2D eigenvalue weighted by Crippen LogP contribution is -2.50. The van der Waals surface area contributed by atoms with Gasteiger partial charge in [-0.15, -0.1) is 0 Å². The van der Waals surface area contributed by atoms with Gasteiger partial charge in [0.1, 0.15) is 17.7 Å². The third-order valence-corrected chi connectivity index (χ3v) is 9.16. The molecule has 8 atom stereocenters. The number of Topliss-reactive ketones (excluding diaryl/α,β-unsaturated/α-hetero) is 2. The monoisotopic (exact) mass is 462 g/mol. The fourth-order valence-corrected chi connectivity index (χ4v) is 7.41. The zero-order chi connectivity index (χ0) is 24.6. The van der Waals surface area contributed by atoms with Gasteiger partial charge >= 0.3 is 11.9 Å². The summed E-state index contributed by atoms with van der Waals surface area (Å²) in [4.78, 5) is 48.9. The molecule has 0 bridgehead atoms. The fraction of sp³-hybridized carbons (Fsp3) is 0.852. The second kappa shape index (κ2) is 9.87. The SMILES string of the molecule is CC(=O)OC[C@H](C)CCC(=O)[C@@H](C)[C@@H]1C(=O)C[C@H]2C[C@H]3C[C@@H](OC(C)=O)CC[C@@]3(C)C[C@@]21C. The first-order valence-corrected chi connectivity index (χ1v) is 12.7. The summed E-state index contributed by atoms with van der Waals surface area (Å²) in [7, 11) is 0. The number of hydrogen-bond acceptors (Lipinski definition) is 6. The van der Waals surface area contributed by atoms with Crippen LogP contribution in [0, 0.1) is 40.4 Å². The average Bonchev–Trinajstić information content (AvgIpc) is 2.96. The van der Waals surface area contributed by atoms with Gasteiger partial charge in [-0.25, -0.2) is 0 Å². The third-order valence-electron chi connectivity index (χ3n) is 9.16. The summed E-state index contributed by atoms with van der Waals surface area (Å²) < 4.78 is 10.6. The van der Waals surface area contributed by atoms with Gasteiger partial charge < -0.3 is 9.47 Å². The van der Waals surface area contributed by atoms with Gasteiger partial charge in [0.05, 0.1) is 6.61 Å². The molecule has 33 heavy (non-hydrogen) atoms. The first-order valence-electron chi connectivity index (χ1n) is 12.7. The predicted octanol–water partition coefficient (Wildman–Crippen LogP) is 4.91.